The van der Waals surface area contributed by atoms with Crippen LogP contribution in [0.25, 0.3) is 11.0 Å². The molecule has 3 aromatic rings. The van der Waals surface area contributed by atoms with Crippen LogP contribution in [0.1, 0.15) is 5.82 Å². The minimum absolute atomic E-state index is 0.287. The summed E-state index contributed by atoms with van der Waals surface area (Å²) in [7, 11) is 1.87. The van der Waals surface area contributed by atoms with Crippen LogP contribution < -0.4 is 0 Å². The molecule has 0 amide bonds. The van der Waals surface area contributed by atoms with Crippen molar-refractivity contribution in [3.63, 3.8) is 0 Å². The molecule has 1 aromatic carbocycles. The summed E-state index contributed by atoms with van der Waals surface area (Å²) in [6.45, 7) is 0.501. The standard InChI is InChI=1S/C11H10FN5S/c1-16-6-13-15-10(16)5-17-9-3-2-7(12)4-8(9)14-11(17)18/h2-4,6H,5H2,1H3,(H,14,18). The Morgan fingerprint density at radius 2 is 2.28 bits per heavy atom. The fourth-order valence-electron chi connectivity index (χ4n) is 1.88. The Kier molecular flexibility index (Phi) is 2.48. The number of nitrogens with zero attached hydrogens (tertiary/aromatic N) is 4. The van der Waals surface area contributed by atoms with E-state index in [0.29, 0.717) is 16.8 Å². The van der Waals surface area contributed by atoms with E-state index in [-0.39, 0.29) is 5.82 Å². The van der Waals surface area contributed by atoms with Crippen molar-refractivity contribution >= 4 is 23.3 Å². The molecule has 1 N–H and O–H groups in total. The van der Waals surface area contributed by atoms with Gasteiger partial charge in [-0.1, -0.05) is 0 Å². The first-order chi connectivity index (χ1) is 8.65. The van der Waals surface area contributed by atoms with Crippen molar-refractivity contribution < 1.29 is 4.39 Å². The lowest BCUT2D eigenvalue weighted by Crippen LogP contribution is -2.05. The van der Waals surface area contributed by atoms with Crippen LogP contribution in [0.2, 0.25) is 0 Å². The molecule has 0 radical (unpaired) electrons. The first-order valence-corrected chi connectivity index (χ1v) is 5.77. The molecule has 0 unspecified atom stereocenters. The van der Waals surface area contributed by atoms with Gasteiger partial charge < -0.3 is 14.1 Å². The van der Waals surface area contributed by atoms with Crippen molar-refractivity contribution in [1.29, 1.82) is 0 Å². The van der Waals surface area contributed by atoms with E-state index in [1.54, 1.807) is 12.4 Å². The molecule has 0 aliphatic carbocycles. The average Bonchev–Trinajstić information content (AvgIpc) is 2.85. The first kappa shape index (κ1) is 11.1. The maximum absolute atomic E-state index is 13.1. The Bertz CT molecular complexity index is 769. The molecule has 0 fully saturated rings. The van der Waals surface area contributed by atoms with E-state index >= 15 is 0 Å². The number of aromatic amines is 1. The van der Waals surface area contributed by atoms with Gasteiger partial charge in [0.25, 0.3) is 0 Å². The lowest BCUT2D eigenvalue weighted by molar-refractivity contribution is 0.629. The van der Waals surface area contributed by atoms with Crippen LogP contribution in [0.4, 0.5) is 4.39 Å². The summed E-state index contributed by atoms with van der Waals surface area (Å²) in [4.78, 5) is 2.98. The monoisotopic (exact) mass is 263 g/mol. The smallest absolute Gasteiger partial charge is 0.178 e. The first-order valence-electron chi connectivity index (χ1n) is 5.36. The van der Waals surface area contributed by atoms with E-state index in [1.807, 2.05) is 16.2 Å². The molecule has 18 heavy (non-hydrogen) atoms. The number of rotatable bonds is 2. The molecule has 0 aliphatic rings. The number of imidazole rings is 1. The highest BCUT2D eigenvalue weighted by molar-refractivity contribution is 7.71. The van der Waals surface area contributed by atoms with Gasteiger partial charge in [0.15, 0.2) is 10.6 Å². The Hall–Kier alpha value is -2.02. The molecule has 2 heterocycles. The maximum atomic E-state index is 13.1. The summed E-state index contributed by atoms with van der Waals surface area (Å²) in [5.74, 6) is 0.501. The minimum atomic E-state index is -0.287. The van der Waals surface area contributed by atoms with Gasteiger partial charge in [0, 0.05) is 7.05 Å². The molecule has 0 bridgehead atoms. The second-order valence-corrected chi connectivity index (χ2v) is 4.42. The molecule has 0 atom stereocenters. The van der Waals surface area contributed by atoms with Gasteiger partial charge in [-0.25, -0.2) is 4.39 Å². The van der Waals surface area contributed by atoms with Crippen molar-refractivity contribution in [1.82, 2.24) is 24.3 Å². The van der Waals surface area contributed by atoms with Crippen molar-refractivity contribution in [2.75, 3.05) is 0 Å². The summed E-state index contributed by atoms with van der Waals surface area (Å²) in [6, 6.07) is 4.55. The van der Waals surface area contributed by atoms with Crippen LogP contribution in [0.3, 0.4) is 0 Å². The topological polar surface area (TPSA) is 51.4 Å². The zero-order chi connectivity index (χ0) is 12.7. The molecule has 0 aliphatic heterocycles. The van der Waals surface area contributed by atoms with Gasteiger partial charge in [0.1, 0.15) is 12.1 Å². The van der Waals surface area contributed by atoms with Crippen LogP contribution in [0.5, 0.6) is 0 Å². The number of aromatic nitrogens is 5. The van der Waals surface area contributed by atoms with E-state index in [2.05, 4.69) is 15.2 Å². The van der Waals surface area contributed by atoms with Gasteiger partial charge in [-0.15, -0.1) is 10.2 Å². The number of hydrogen-bond acceptors (Lipinski definition) is 3. The van der Waals surface area contributed by atoms with Crippen molar-refractivity contribution in [3.05, 3.63) is 40.9 Å². The zero-order valence-electron chi connectivity index (χ0n) is 9.59. The van der Waals surface area contributed by atoms with Gasteiger partial charge >= 0.3 is 0 Å². The molecule has 5 nitrogen and oxygen atoms in total. The SMILES string of the molecule is Cn1cnnc1Cn1c(=S)[nH]c2cc(F)ccc21. The van der Waals surface area contributed by atoms with Crippen molar-refractivity contribution in [2.45, 2.75) is 6.54 Å². The highest BCUT2D eigenvalue weighted by Crippen LogP contribution is 2.16. The molecular formula is C11H10FN5S. The predicted molar refractivity (Wildman–Crippen MR) is 67.2 cm³/mol. The minimum Gasteiger partial charge on any atom is -0.330 e. The summed E-state index contributed by atoms with van der Waals surface area (Å²) >= 11 is 5.24. The normalized spacial score (nSPS) is 11.2. The van der Waals surface area contributed by atoms with Gasteiger partial charge in [0.05, 0.1) is 17.6 Å². The van der Waals surface area contributed by atoms with Gasteiger partial charge in [-0.05, 0) is 30.4 Å². The summed E-state index contributed by atoms with van der Waals surface area (Å²) in [5, 5.41) is 7.84. The van der Waals surface area contributed by atoms with Crippen LogP contribution in [-0.4, -0.2) is 24.3 Å². The number of H-pyrrole nitrogens is 1. The molecule has 0 saturated carbocycles. The second kappa shape index (κ2) is 4.02. The number of nitrogens with one attached hydrogen (secondary N) is 1. The summed E-state index contributed by atoms with van der Waals surface area (Å²) in [6.07, 6.45) is 1.63. The maximum Gasteiger partial charge on any atom is 0.178 e. The Labute approximate surface area is 107 Å². The number of benzene rings is 1. The predicted octanol–water partition coefficient (Wildman–Crippen LogP) is 2.01. The molecule has 92 valence electrons. The number of hydrogen-bond donors (Lipinski definition) is 1. The van der Waals surface area contributed by atoms with E-state index in [9.17, 15) is 4.39 Å². The quantitative estimate of drug-likeness (QED) is 0.720. The largest absolute Gasteiger partial charge is 0.330 e. The Morgan fingerprint density at radius 3 is 3.00 bits per heavy atom. The molecular weight excluding hydrogens is 253 g/mol. The van der Waals surface area contributed by atoms with Crippen LogP contribution >= 0.6 is 12.2 Å². The zero-order valence-corrected chi connectivity index (χ0v) is 10.4. The molecule has 2 aromatic heterocycles. The third-order valence-corrected chi connectivity index (χ3v) is 3.16. The summed E-state index contributed by atoms with van der Waals surface area (Å²) < 4.78 is 17.4. The Balaban J connectivity index is 2.15. The molecule has 3 rings (SSSR count). The lowest BCUT2D eigenvalue weighted by Gasteiger charge is -2.03. The van der Waals surface area contributed by atoms with Gasteiger partial charge in [-0.3, -0.25) is 0 Å². The van der Waals surface area contributed by atoms with E-state index in [0.717, 1.165) is 11.3 Å². The molecule has 0 saturated heterocycles. The third-order valence-electron chi connectivity index (χ3n) is 2.84. The van der Waals surface area contributed by atoms with Crippen molar-refractivity contribution in [3.8, 4) is 0 Å². The lowest BCUT2D eigenvalue weighted by atomic mass is 10.3. The van der Waals surface area contributed by atoms with E-state index in [1.165, 1.54) is 12.1 Å². The van der Waals surface area contributed by atoms with Crippen LogP contribution in [0.15, 0.2) is 24.5 Å². The fourth-order valence-corrected chi connectivity index (χ4v) is 2.16. The third kappa shape index (κ3) is 1.72. The van der Waals surface area contributed by atoms with Crippen molar-refractivity contribution in [2.24, 2.45) is 7.05 Å². The highest BCUT2D eigenvalue weighted by Gasteiger charge is 2.08. The van der Waals surface area contributed by atoms with Crippen LogP contribution in [-0.2, 0) is 13.6 Å². The highest BCUT2D eigenvalue weighted by atomic mass is 32.1. The van der Waals surface area contributed by atoms with Crippen LogP contribution in [0, 0.1) is 10.6 Å². The number of fused-ring (bicyclic) bond motifs is 1. The second-order valence-electron chi connectivity index (χ2n) is 4.04. The average molecular weight is 263 g/mol. The van der Waals surface area contributed by atoms with E-state index < -0.39 is 0 Å². The number of halogens is 1. The molecule has 7 heteroatoms. The van der Waals surface area contributed by atoms with Gasteiger partial charge in [-0.2, -0.15) is 0 Å². The molecule has 0 spiro atoms. The fraction of sp³-hybridized carbons (Fsp3) is 0.182. The van der Waals surface area contributed by atoms with E-state index in [4.69, 9.17) is 12.2 Å². The number of aryl methyl sites for hydroxylation is 1. The van der Waals surface area contributed by atoms with Gasteiger partial charge in [0.2, 0.25) is 0 Å². The Morgan fingerprint density at radius 1 is 1.44 bits per heavy atom. The summed E-state index contributed by atoms with van der Waals surface area (Å²) in [5.41, 5.74) is 1.53.